The summed E-state index contributed by atoms with van der Waals surface area (Å²) in [7, 11) is 0. The van der Waals surface area contributed by atoms with Crippen molar-refractivity contribution >= 4 is 28.4 Å². The van der Waals surface area contributed by atoms with Crippen LogP contribution in [0.2, 0.25) is 0 Å². The number of aromatic nitrogens is 1. The molecule has 0 aliphatic carbocycles. The van der Waals surface area contributed by atoms with Crippen LogP contribution in [0.4, 0.5) is 0 Å². The van der Waals surface area contributed by atoms with E-state index in [1.807, 2.05) is 48.5 Å². The highest BCUT2D eigenvalue weighted by Gasteiger charge is 2.30. The first-order chi connectivity index (χ1) is 17.0. The minimum absolute atomic E-state index is 0.214. The third-order valence-electron chi connectivity index (χ3n) is 6.21. The minimum atomic E-state index is -1.09. The second-order valence-electron chi connectivity index (χ2n) is 9.02. The van der Waals surface area contributed by atoms with Crippen LogP contribution in [0.1, 0.15) is 75.5 Å². The number of carboxylic acid groups (broad SMARTS) is 1. The number of aryl methyl sites for hydroxylation is 1. The van der Waals surface area contributed by atoms with E-state index in [0.29, 0.717) is 11.4 Å². The number of carbonyl (C=O) groups is 3. The van der Waals surface area contributed by atoms with Gasteiger partial charge in [0.05, 0.1) is 6.42 Å². The maximum Gasteiger partial charge on any atom is 0.303 e. The third-order valence-corrected chi connectivity index (χ3v) is 6.21. The monoisotopic (exact) mass is 477 g/mol. The predicted octanol–water partition coefficient (Wildman–Crippen LogP) is 6.24. The van der Waals surface area contributed by atoms with Crippen LogP contribution in [-0.4, -0.2) is 34.2 Å². The molecule has 0 radical (unpaired) electrons. The normalized spacial score (nSPS) is 11.9. The number of aromatic amines is 1. The number of ketones is 2. The number of para-hydroxylation sites is 1. The second kappa shape index (κ2) is 13.5. The number of Topliss-reactive ketones (excluding diaryl/α,β-unsaturated/α-hetero) is 2. The molecule has 6 nitrogen and oxygen atoms in total. The first-order valence-corrected chi connectivity index (χ1v) is 12.5. The zero-order valence-electron chi connectivity index (χ0n) is 20.4. The van der Waals surface area contributed by atoms with E-state index in [-0.39, 0.29) is 19.4 Å². The van der Waals surface area contributed by atoms with Gasteiger partial charge in [0.15, 0.2) is 5.78 Å². The lowest BCUT2D eigenvalue weighted by atomic mass is 9.92. The molecule has 0 spiro atoms. The van der Waals surface area contributed by atoms with Crippen molar-refractivity contribution in [2.75, 3.05) is 6.61 Å². The lowest BCUT2D eigenvalue weighted by Crippen LogP contribution is -2.27. The number of aliphatic carboxylic acids is 1. The summed E-state index contributed by atoms with van der Waals surface area (Å²) >= 11 is 0. The van der Waals surface area contributed by atoms with Gasteiger partial charge in [-0.15, -0.1) is 0 Å². The highest BCUT2D eigenvalue weighted by Crippen LogP contribution is 2.25. The molecule has 186 valence electrons. The number of nitrogens with one attached hydrogen (secondary N) is 1. The molecule has 1 heterocycles. The number of benzene rings is 2. The molecular formula is C29H35NO5. The summed E-state index contributed by atoms with van der Waals surface area (Å²) in [6.45, 7) is 1.95. The van der Waals surface area contributed by atoms with Crippen LogP contribution in [0.3, 0.4) is 0 Å². The van der Waals surface area contributed by atoms with E-state index in [9.17, 15) is 14.4 Å². The lowest BCUT2D eigenvalue weighted by molar-refractivity contribution is -0.139. The zero-order valence-corrected chi connectivity index (χ0v) is 20.4. The highest BCUT2D eigenvalue weighted by atomic mass is 16.5. The number of rotatable bonds is 16. The van der Waals surface area contributed by atoms with Gasteiger partial charge in [0.25, 0.3) is 0 Å². The summed E-state index contributed by atoms with van der Waals surface area (Å²) in [6.07, 6.45) is 8.02. The van der Waals surface area contributed by atoms with Crippen LogP contribution >= 0.6 is 0 Å². The van der Waals surface area contributed by atoms with Gasteiger partial charge in [0.2, 0.25) is 0 Å². The number of hydrogen-bond acceptors (Lipinski definition) is 4. The Hall–Kier alpha value is -3.41. The highest BCUT2D eigenvalue weighted by molar-refractivity contribution is 6.09. The number of fused-ring (bicyclic) bond motifs is 1. The van der Waals surface area contributed by atoms with Gasteiger partial charge < -0.3 is 14.8 Å². The SMILES string of the molecule is CCCCCCCCc1ccc(OCC(=O)C(C(=O)CCC(=O)O)c2cc3ccccc3[nH]2)cc1. The van der Waals surface area contributed by atoms with Crippen molar-refractivity contribution in [2.24, 2.45) is 0 Å². The Kier molecular flexibility index (Phi) is 10.1. The maximum absolute atomic E-state index is 13.1. The van der Waals surface area contributed by atoms with Crippen molar-refractivity contribution in [3.05, 3.63) is 65.9 Å². The fourth-order valence-electron chi connectivity index (χ4n) is 4.25. The Morgan fingerprint density at radius 2 is 1.60 bits per heavy atom. The maximum atomic E-state index is 13.1. The minimum Gasteiger partial charge on any atom is -0.486 e. The number of unbranched alkanes of at least 4 members (excludes halogenated alkanes) is 5. The molecule has 0 fully saturated rings. The summed E-state index contributed by atoms with van der Waals surface area (Å²) in [5.41, 5.74) is 2.51. The Bertz CT molecular complexity index is 1080. The molecule has 3 aromatic rings. The van der Waals surface area contributed by atoms with E-state index in [2.05, 4.69) is 11.9 Å². The van der Waals surface area contributed by atoms with Crippen LogP contribution in [0.15, 0.2) is 54.6 Å². The number of H-pyrrole nitrogens is 1. The van der Waals surface area contributed by atoms with E-state index >= 15 is 0 Å². The zero-order chi connectivity index (χ0) is 25.0. The fraction of sp³-hybridized carbons (Fsp3) is 0.414. The van der Waals surface area contributed by atoms with Crippen LogP contribution in [0, 0.1) is 0 Å². The average molecular weight is 478 g/mol. The van der Waals surface area contributed by atoms with Gasteiger partial charge in [-0.2, -0.15) is 0 Å². The van der Waals surface area contributed by atoms with Gasteiger partial charge >= 0.3 is 5.97 Å². The summed E-state index contributed by atoms with van der Waals surface area (Å²) in [5, 5.41) is 9.86. The van der Waals surface area contributed by atoms with Crippen molar-refractivity contribution in [3.8, 4) is 5.75 Å². The molecule has 1 unspecified atom stereocenters. The van der Waals surface area contributed by atoms with Crippen LogP contribution in [0.25, 0.3) is 10.9 Å². The molecule has 2 N–H and O–H groups in total. The number of carbonyl (C=O) groups excluding carboxylic acids is 2. The van der Waals surface area contributed by atoms with Crippen LogP contribution in [-0.2, 0) is 20.8 Å². The van der Waals surface area contributed by atoms with Crippen molar-refractivity contribution < 1.29 is 24.2 Å². The average Bonchev–Trinajstić information content (AvgIpc) is 3.28. The Labute approximate surface area is 206 Å². The number of ether oxygens (including phenoxy) is 1. The van der Waals surface area contributed by atoms with Crippen LogP contribution < -0.4 is 4.74 Å². The summed E-state index contributed by atoms with van der Waals surface area (Å²) in [6, 6.07) is 17.0. The molecule has 1 aromatic heterocycles. The first-order valence-electron chi connectivity index (χ1n) is 12.5. The van der Waals surface area contributed by atoms with E-state index < -0.39 is 23.5 Å². The molecule has 0 saturated carbocycles. The largest absolute Gasteiger partial charge is 0.486 e. The van der Waals surface area contributed by atoms with Gasteiger partial charge in [-0.1, -0.05) is 69.4 Å². The molecule has 0 amide bonds. The van der Waals surface area contributed by atoms with Gasteiger partial charge in [-0.25, -0.2) is 0 Å². The summed E-state index contributed by atoms with van der Waals surface area (Å²) < 4.78 is 5.71. The second-order valence-corrected chi connectivity index (χ2v) is 9.02. The van der Waals surface area contributed by atoms with E-state index in [1.165, 1.54) is 37.7 Å². The topological polar surface area (TPSA) is 96.5 Å². The third kappa shape index (κ3) is 8.09. The standard InChI is InChI=1S/C29H35NO5/c1-2-3-4-5-6-7-10-21-13-15-23(16-14-21)35-20-27(32)29(26(31)17-18-28(33)34)25-19-22-11-8-9-12-24(22)30-25/h8-9,11-16,19,29-30H,2-7,10,17-18,20H2,1H3,(H,33,34). The summed E-state index contributed by atoms with van der Waals surface area (Å²) in [4.78, 5) is 40.0. The first kappa shape index (κ1) is 26.2. The van der Waals surface area contributed by atoms with Crippen molar-refractivity contribution in [2.45, 2.75) is 70.6 Å². The van der Waals surface area contributed by atoms with Gasteiger partial charge in [0, 0.05) is 17.6 Å². The smallest absolute Gasteiger partial charge is 0.303 e. The molecular weight excluding hydrogens is 442 g/mol. The molecule has 0 aliphatic heterocycles. The number of hydrogen-bond donors (Lipinski definition) is 2. The quantitative estimate of drug-likeness (QED) is 0.188. The molecule has 2 aromatic carbocycles. The molecule has 3 rings (SSSR count). The fourth-order valence-corrected chi connectivity index (χ4v) is 4.25. The van der Waals surface area contributed by atoms with E-state index in [1.54, 1.807) is 6.07 Å². The lowest BCUT2D eigenvalue weighted by Gasteiger charge is -2.14. The van der Waals surface area contributed by atoms with E-state index in [0.717, 1.165) is 23.7 Å². The Balaban J connectivity index is 1.60. The molecule has 0 aliphatic rings. The number of carboxylic acids is 1. The van der Waals surface area contributed by atoms with Gasteiger partial charge in [-0.3, -0.25) is 14.4 Å². The van der Waals surface area contributed by atoms with Gasteiger partial charge in [-0.05, 0) is 48.1 Å². The molecule has 6 heteroatoms. The van der Waals surface area contributed by atoms with E-state index in [4.69, 9.17) is 9.84 Å². The Morgan fingerprint density at radius 1 is 0.886 bits per heavy atom. The molecule has 35 heavy (non-hydrogen) atoms. The van der Waals surface area contributed by atoms with Crippen LogP contribution in [0.5, 0.6) is 5.75 Å². The Morgan fingerprint density at radius 3 is 2.31 bits per heavy atom. The molecule has 1 atom stereocenters. The molecule has 0 saturated heterocycles. The van der Waals surface area contributed by atoms with Crippen molar-refractivity contribution in [3.63, 3.8) is 0 Å². The molecule has 0 bridgehead atoms. The van der Waals surface area contributed by atoms with Crippen molar-refractivity contribution in [1.82, 2.24) is 4.98 Å². The predicted molar refractivity (Wildman–Crippen MR) is 137 cm³/mol. The summed E-state index contributed by atoms with van der Waals surface area (Å²) in [5.74, 6) is -2.42. The van der Waals surface area contributed by atoms with Gasteiger partial charge in [0.1, 0.15) is 24.1 Å². The van der Waals surface area contributed by atoms with Crippen molar-refractivity contribution in [1.29, 1.82) is 0 Å².